The number of anilines is 1. The van der Waals surface area contributed by atoms with Crippen LogP contribution in [0.25, 0.3) is 0 Å². The van der Waals surface area contributed by atoms with Crippen LogP contribution in [0.2, 0.25) is 0 Å². The highest BCUT2D eigenvalue weighted by molar-refractivity contribution is 5.51. The summed E-state index contributed by atoms with van der Waals surface area (Å²) in [6.07, 6.45) is 5.48. The van der Waals surface area contributed by atoms with E-state index in [2.05, 4.69) is 58.8 Å². The van der Waals surface area contributed by atoms with Crippen LogP contribution in [0.4, 0.5) is 5.82 Å². The standard InChI is InChI=1S/C24H32N4O2/c1-5-13-30-17-22(29)16-27-9-11-28(12-10-27)24-23(19(3)25-20(4)26-24)15-21-8-6-7-18(2)14-21/h1,6-8,14,22,29H,9-13,15-17H2,2-4H3. The van der Waals surface area contributed by atoms with Crippen molar-refractivity contribution < 1.29 is 9.84 Å². The van der Waals surface area contributed by atoms with Gasteiger partial charge < -0.3 is 14.7 Å². The molecule has 0 spiro atoms. The normalized spacial score (nSPS) is 15.8. The highest BCUT2D eigenvalue weighted by Gasteiger charge is 2.23. The number of nitrogens with zero attached hydrogens (tertiary/aromatic N) is 4. The fourth-order valence-electron chi connectivity index (χ4n) is 3.96. The third-order valence-electron chi connectivity index (χ3n) is 5.40. The predicted octanol–water partition coefficient (Wildman–Crippen LogP) is 2.13. The topological polar surface area (TPSA) is 61.7 Å². The molecule has 3 rings (SSSR count). The van der Waals surface area contributed by atoms with Crippen LogP contribution in [-0.2, 0) is 11.2 Å². The Morgan fingerprint density at radius 1 is 1.17 bits per heavy atom. The Balaban J connectivity index is 1.67. The molecule has 0 bridgehead atoms. The number of aromatic nitrogens is 2. The molecule has 0 saturated carbocycles. The van der Waals surface area contributed by atoms with Crippen molar-refractivity contribution in [2.75, 3.05) is 50.8 Å². The van der Waals surface area contributed by atoms with Gasteiger partial charge in [-0.1, -0.05) is 35.7 Å². The van der Waals surface area contributed by atoms with Gasteiger partial charge in [-0.15, -0.1) is 6.42 Å². The van der Waals surface area contributed by atoms with E-state index in [1.54, 1.807) is 0 Å². The molecule has 2 heterocycles. The zero-order valence-electron chi connectivity index (χ0n) is 18.3. The van der Waals surface area contributed by atoms with E-state index < -0.39 is 6.10 Å². The van der Waals surface area contributed by atoms with Crippen LogP contribution in [0.3, 0.4) is 0 Å². The number of hydrogen-bond donors (Lipinski definition) is 1. The lowest BCUT2D eigenvalue weighted by Gasteiger charge is -2.37. The molecular weight excluding hydrogens is 376 g/mol. The fraction of sp³-hybridized carbons (Fsp3) is 0.500. The van der Waals surface area contributed by atoms with Crippen molar-refractivity contribution in [1.82, 2.24) is 14.9 Å². The minimum Gasteiger partial charge on any atom is -0.389 e. The number of hydrogen-bond acceptors (Lipinski definition) is 6. The van der Waals surface area contributed by atoms with Gasteiger partial charge in [-0.25, -0.2) is 9.97 Å². The van der Waals surface area contributed by atoms with Gasteiger partial charge >= 0.3 is 0 Å². The van der Waals surface area contributed by atoms with Gasteiger partial charge in [0, 0.05) is 50.4 Å². The molecule has 1 aliphatic heterocycles. The lowest BCUT2D eigenvalue weighted by molar-refractivity contribution is 0.0267. The highest BCUT2D eigenvalue weighted by Crippen LogP contribution is 2.25. The molecule has 30 heavy (non-hydrogen) atoms. The summed E-state index contributed by atoms with van der Waals surface area (Å²) in [5.41, 5.74) is 4.78. The number of aryl methyl sites for hydroxylation is 3. The Hall–Kier alpha value is -2.46. The first-order valence-corrected chi connectivity index (χ1v) is 10.5. The Morgan fingerprint density at radius 2 is 1.93 bits per heavy atom. The molecular formula is C24H32N4O2. The Bertz CT molecular complexity index is 885. The maximum atomic E-state index is 10.1. The van der Waals surface area contributed by atoms with Gasteiger partial charge in [0.2, 0.25) is 0 Å². The first-order valence-electron chi connectivity index (χ1n) is 10.5. The fourth-order valence-corrected chi connectivity index (χ4v) is 3.96. The summed E-state index contributed by atoms with van der Waals surface area (Å²) in [5, 5.41) is 10.1. The van der Waals surface area contributed by atoms with Crippen molar-refractivity contribution in [1.29, 1.82) is 0 Å². The minimum absolute atomic E-state index is 0.237. The second kappa shape index (κ2) is 10.5. The third kappa shape index (κ3) is 6.02. The Kier molecular flexibility index (Phi) is 7.81. The van der Waals surface area contributed by atoms with Crippen molar-refractivity contribution in [2.24, 2.45) is 0 Å². The van der Waals surface area contributed by atoms with E-state index in [0.29, 0.717) is 6.54 Å². The molecule has 1 N–H and O–H groups in total. The molecule has 1 aliphatic rings. The second-order valence-electron chi connectivity index (χ2n) is 7.98. The molecule has 160 valence electrons. The maximum Gasteiger partial charge on any atom is 0.136 e. The molecule has 1 atom stereocenters. The summed E-state index contributed by atoms with van der Waals surface area (Å²) < 4.78 is 5.24. The number of benzene rings is 1. The molecule has 1 saturated heterocycles. The van der Waals surface area contributed by atoms with E-state index in [0.717, 1.165) is 49.9 Å². The van der Waals surface area contributed by atoms with Gasteiger partial charge in [0.1, 0.15) is 18.2 Å². The molecule has 6 heteroatoms. The predicted molar refractivity (Wildman–Crippen MR) is 120 cm³/mol. The molecule has 1 fully saturated rings. The summed E-state index contributed by atoms with van der Waals surface area (Å²) in [7, 11) is 0. The molecule has 1 aromatic heterocycles. The van der Waals surface area contributed by atoms with Crippen molar-refractivity contribution in [3.63, 3.8) is 0 Å². The van der Waals surface area contributed by atoms with Crippen molar-refractivity contribution in [2.45, 2.75) is 33.3 Å². The molecule has 0 radical (unpaired) electrons. The Labute approximate surface area is 179 Å². The lowest BCUT2D eigenvalue weighted by atomic mass is 10.0. The number of terminal acetylenes is 1. The number of piperazine rings is 1. The van der Waals surface area contributed by atoms with Gasteiger partial charge in [0.05, 0.1) is 12.7 Å². The van der Waals surface area contributed by atoms with Gasteiger partial charge in [0.25, 0.3) is 0 Å². The third-order valence-corrected chi connectivity index (χ3v) is 5.40. The average molecular weight is 409 g/mol. The molecule has 1 aromatic carbocycles. The number of rotatable bonds is 8. The molecule has 2 aromatic rings. The number of aliphatic hydroxyl groups excluding tert-OH is 1. The number of ether oxygens (including phenoxy) is 1. The van der Waals surface area contributed by atoms with Crippen molar-refractivity contribution in [3.05, 3.63) is 52.5 Å². The molecule has 1 unspecified atom stereocenters. The summed E-state index contributed by atoms with van der Waals surface area (Å²) >= 11 is 0. The molecule has 0 aliphatic carbocycles. The summed E-state index contributed by atoms with van der Waals surface area (Å²) in [6, 6.07) is 8.61. The van der Waals surface area contributed by atoms with E-state index in [1.165, 1.54) is 16.7 Å². The monoisotopic (exact) mass is 408 g/mol. The molecule has 6 nitrogen and oxygen atoms in total. The van der Waals surface area contributed by atoms with E-state index >= 15 is 0 Å². The summed E-state index contributed by atoms with van der Waals surface area (Å²) in [5.74, 6) is 4.27. The SMILES string of the molecule is C#CCOCC(O)CN1CCN(c2nc(C)nc(C)c2Cc2cccc(C)c2)CC1. The zero-order valence-corrected chi connectivity index (χ0v) is 18.3. The van der Waals surface area contributed by atoms with Crippen molar-refractivity contribution in [3.8, 4) is 12.3 Å². The summed E-state index contributed by atoms with van der Waals surface area (Å²) in [4.78, 5) is 14.1. The van der Waals surface area contributed by atoms with Gasteiger partial charge in [-0.05, 0) is 26.3 Å². The van der Waals surface area contributed by atoms with Crippen molar-refractivity contribution >= 4 is 5.82 Å². The average Bonchev–Trinajstić information content (AvgIpc) is 2.71. The van der Waals surface area contributed by atoms with E-state index in [1.807, 2.05) is 6.92 Å². The van der Waals surface area contributed by atoms with E-state index in [-0.39, 0.29) is 13.2 Å². The first kappa shape index (κ1) is 22.2. The number of aliphatic hydroxyl groups is 1. The van der Waals surface area contributed by atoms with Crippen LogP contribution in [0.1, 0.15) is 28.2 Å². The lowest BCUT2D eigenvalue weighted by Crippen LogP contribution is -2.49. The van der Waals surface area contributed by atoms with Gasteiger partial charge in [-0.3, -0.25) is 4.90 Å². The second-order valence-corrected chi connectivity index (χ2v) is 7.98. The zero-order chi connectivity index (χ0) is 21.5. The van der Waals surface area contributed by atoms with Gasteiger partial charge in [-0.2, -0.15) is 0 Å². The number of β-amino-alcohol motifs (C(OH)–C–C–N with tert-alkyl or cyclic N) is 1. The van der Waals surface area contributed by atoms with E-state index in [4.69, 9.17) is 16.1 Å². The van der Waals surface area contributed by atoms with Crippen LogP contribution in [0.15, 0.2) is 24.3 Å². The van der Waals surface area contributed by atoms with Crippen LogP contribution >= 0.6 is 0 Å². The van der Waals surface area contributed by atoms with Crippen LogP contribution in [0, 0.1) is 33.1 Å². The maximum absolute atomic E-state index is 10.1. The van der Waals surface area contributed by atoms with Crippen LogP contribution in [-0.4, -0.2) is 72.0 Å². The Morgan fingerprint density at radius 3 is 2.63 bits per heavy atom. The van der Waals surface area contributed by atoms with Crippen LogP contribution in [0.5, 0.6) is 0 Å². The smallest absolute Gasteiger partial charge is 0.136 e. The van der Waals surface area contributed by atoms with E-state index in [9.17, 15) is 5.11 Å². The first-order chi connectivity index (χ1) is 14.5. The summed E-state index contributed by atoms with van der Waals surface area (Å²) in [6.45, 7) is 10.7. The molecule has 0 amide bonds. The van der Waals surface area contributed by atoms with Gasteiger partial charge in [0.15, 0.2) is 0 Å². The van der Waals surface area contributed by atoms with Crippen LogP contribution < -0.4 is 4.90 Å². The largest absolute Gasteiger partial charge is 0.389 e. The highest BCUT2D eigenvalue weighted by atomic mass is 16.5. The quantitative estimate of drug-likeness (QED) is 0.533. The minimum atomic E-state index is -0.523.